The van der Waals surface area contributed by atoms with Crippen LogP contribution in [-0.2, 0) is 11.2 Å². The van der Waals surface area contributed by atoms with Crippen LogP contribution in [0.5, 0.6) is 0 Å². The number of nitrogens with zero attached hydrogens (tertiary/aromatic N) is 1. The molecule has 5 aromatic rings. The van der Waals surface area contributed by atoms with E-state index in [2.05, 4.69) is 10.3 Å². The van der Waals surface area contributed by atoms with Crippen molar-refractivity contribution in [3.05, 3.63) is 84.6 Å². The maximum atomic E-state index is 13.9. The number of fused-ring (bicyclic) bond motifs is 3. The molecule has 0 atom stereocenters. The Bertz CT molecular complexity index is 1370. The van der Waals surface area contributed by atoms with E-state index in [1.807, 2.05) is 42.5 Å². The minimum absolute atomic E-state index is 0.159. The number of carbonyl (C=O) groups excluding carboxylic acids is 1. The second-order valence-electron chi connectivity index (χ2n) is 6.96. The monoisotopic (exact) mass is 400 g/mol. The first-order valence-corrected chi connectivity index (χ1v) is 9.58. The van der Waals surface area contributed by atoms with E-state index in [9.17, 15) is 9.18 Å². The summed E-state index contributed by atoms with van der Waals surface area (Å²) in [5.41, 5.74) is 2.63. The highest BCUT2D eigenvalue weighted by atomic mass is 19.1. The number of aryl methyl sites for hydroxylation is 1. The van der Waals surface area contributed by atoms with Crippen LogP contribution in [0.1, 0.15) is 12.3 Å². The van der Waals surface area contributed by atoms with Crippen molar-refractivity contribution < 1.29 is 18.0 Å². The van der Waals surface area contributed by atoms with Crippen LogP contribution in [0, 0.1) is 5.82 Å². The molecule has 0 spiro atoms. The van der Waals surface area contributed by atoms with Crippen LogP contribution in [-0.4, -0.2) is 10.9 Å². The predicted octanol–water partition coefficient (Wildman–Crippen LogP) is 5.95. The Hall–Kier alpha value is -3.93. The summed E-state index contributed by atoms with van der Waals surface area (Å²) < 4.78 is 25.3. The molecule has 0 aliphatic carbocycles. The third-order valence-electron chi connectivity index (χ3n) is 4.92. The average Bonchev–Trinajstić information content (AvgIpc) is 3.37. The summed E-state index contributed by atoms with van der Waals surface area (Å²) in [6, 6.07) is 19.7. The summed E-state index contributed by atoms with van der Waals surface area (Å²) in [6.45, 7) is 0. The molecule has 0 fully saturated rings. The predicted molar refractivity (Wildman–Crippen MR) is 113 cm³/mol. The quantitative estimate of drug-likeness (QED) is 0.396. The third kappa shape index (κ3) is 3.43. The van der Waals surface area contributed by atoms with Gasteiger partial charge in [0.25, 0.3) is 0 Å². The molecule has 1 amide bonds. The first kappa shape index (κ1) is 18.1. The van der Waals surface area contributed by atoms with E-state index < -0.39 is 0 Å². The molecule has 0 aliphatic heterocycles. The number of aromatic nitrogens is 1. The van der Waals surface area contributed by atoms with E-state index >= 15 is 0 Å². The Morgan fingerprint density at radius 1 is 0.933 bits per heavy atom. The van der Waals surface area contributed by atoms with Crippen LogP contribution >= 0.6 is 0 Å². The highest BCUT2D eigenvalue weighted by molar-refractivity contribution is 6.06. The molecule has 0 bridgehead atoms. The minimum atomic E-state index is -0.375. The molecule has 3 aromatic carbocycles. The molecule has 0 saturated carbocycles. The van der Waals surface area contributed by atoms with Crippen molar-refractivity contribution in [1.29, 1.82) is 0 Å². The lowest BCUT2D eigenvalue weighted by atomic mass is 10.1. The summed E-state index contributed by atoms with van der Waals surface area (Å²) in [4.78, 5) is 16.5. The normalized spacial score (nSPS) is 11.2. The number of hydrogen-bond acceptors (Lipinski definition) is 4. The van der Waals surface area contributed by atoms with Crippen LogP contribution < -0.4 is 5.32 Å². The molecular weight excluding hydrogens is 383 g/mol. The summed E-state index contributed by atoms with van der Waals surface area (Å²) in [5.74, 6) is 0.202. The van der Waals surface area contributed by atoms with E-state index in [4.69, 9.17) is 8.83 Å². The maximum absolute atomic E-state index is 13.9. The van der Waals surface area contributed by atoms with Gasteiger partial charge >= 0.3 is 0 Å². The number of oxazole rings is 1. The topological polar surface area (TPSA) is 68.3 Å². The second-order valence-corrected chi connectivity index (χ2v) is 6.96. The largest absolute Gasteiger partial charge is 0.456 e. The van der Waals surface area contributed by atoms with Gasteiger partial charge in [0.05, 0.1) is 11.8 Å². The molecule has 1 N–H and O–H groups in total. The minimum Gasteiger partial charge on any atom is -0.456 e. The Kier molecular flexibility index (Phi) is 4.52. The zero-order valence-corrected chi connectivity index (χ0v) is 15.9. The molecule has 6 heteroatoms. The first-order valence-electron chi connectivity index (χ1n) is 9.58. The summed E-state index contributed by atoms with van der Waals surface area (Å²) >= 11 is 0. The summed E-state index contributed by atoms with van der Waals surface area (Å²) in [7, 11) is 0. The maximum Gasteiger partial charge on any atom is 0.224 e. The molecule has 0 saturated heterocycles. The number of furan rings is 1. The standard InChI is InChI=1S/C24H17FN2O3/c25-19-7-3-1-6-17(19)22-14-26-24(30-22)12-11-23(28)27-15-9-10-21-18(13-15)16-5-2-4-8-20(16)29-21/h1-10,13-14H,11-12H2,(H,27,28). The fourth-order valence-corrected chi connectivity index (χ4v) is 3.46. The molecule has 2 aromatic heterocycles. The number of anilines is 1. The van der Waals surface area contributed by atoms with Gasteiger partial charge in [-0.05, 0) is 36.4 Å². The van der Waals surface area contributed by atoms with Gasteiger partial charge in [0.15, 0.2) is 11.7 Å². The van der Waals surface area contributed by atoms with Gasteiger partial charge in [-0.25, -0.2) is 9.37 Å². The van der Waals surface area contributed by atoms with Gasteiger partial charge in [0.1, 0.15) is 17.0 Å². The Labute approximate surface area is 171 Å². The lowest BCUT2D eigenvalue weighted by Crippen LogP contribution is -2.12. The fraction of sp³-hybridized carbons (Fsp3) is 0.0833. The van der Waals surface area contributed by atoms with E-state index in [0.717, 1.165) is 21.9 Å². The summed E-state index contributed by atoms with van der Waals surface area (Å²) in [6.07, 6.45) is 1.99. The van der Waals surface area contributed by atoms with E-state index in [-0.39, 0.29) is 18.1 Å². The van der Waals surface area contributed by atoms with Crippen LogP contribution in [0.4, 0.5) is 10.1 Å². The molecule has 0 unspecified atom stereocenters. The average molecular weight is 400 g/mol. The van der Waals surface area contributed by atoms with Crippen LogP contribution in [0.25, 0.3) is 33.3 Å². The van der Waals surface area contributed by atoms with Crippen LogP contribution in [0.15, 0.2) is 81.8 Å². The fourth-order valence-electron chi connectivity index (χ4n) is 3.46. The number of para-hydroxylation sites is 1. The van der Waals surface area contributed by atoms with Crippen LogP contribution in [0.3, 0.4) is 0 Å². The molecule has 148 valence electrons. The number of halogens is 1. The van der Waals surface area contributed by atoms with Gasteiger partial charge in [-0.2, -0.15) is 0 Å². The lowest BCUT2D eigenvalue weighted by Gasteiger charge is -2.04. The lowest BCUT2D eigenvalue weighted by molar-refractivity contribution is -0.116. The third-order valence-corrected chi connectivity index (χ3v) is 4.92. The summed E-state index contributed by atoms with van der Waals surface area (Å²) in [5, 5.41) is 4.85. The number of benzene rings is 3. The van der Waals surface area contributed by atoms with Crippen molar-refractivity contribution in [2.24, 2.45) is 0 Å². The molecule has 30 heavy (non-hydrogen) atoms. The van der Waals surface area contributed by atoms with E-state index in [1.54, 1.807) is 18.2 Å². The number of amides is 1. The second kappa shape index (κ2) is 7.48. The Morgan fingerprint density at radius 2 is 1.73 bits per heavy atom. The van der Waals surface area contributed by atoms with Crippen molar-refractivity contribution in [2.45, 2.75) is 12.8 Å². The van der Waals surface area contributed by atoms with Crippen LogP contribution in [0.2, 0.25) is 0 Å². The van der Waals surface area contributed by atoms with E-state index in [0.29, 0.717) is 29.3 Å². The van der Waals surface area contributed by atoms with Crippen molar-refractivity contribution in [1.82, 2.24) is 4.98 Å². The number of nitrogens with one attached hydrogen (secondary N) is 1. The molecule has 5 nitrogen and oxygen atoms in total. The smallest absolute Gasteiger partial charge is 0.224 e. The van der Waals surface area contributed by atoms with Gasteiger partial charge in [0.2, 0.25) is 5.91 Å². The Balaban J connectivity index is 1.27. The van der Waals surface area contributed by atoms with Gasteiger partial charge in [-0.3, -0.25) is 4.79 Å². The van der Waals surface area contributed by atoms with Crippen molar-refractivity contribution in [3.8, 4) is 11.3 Å². The first-order chi connectivity index (χ1) is 14.7. The van der Waals surface area contributed by atoms with Gasteiger partial charge in [-0.1, -0.05) is 30.3 Å². The number of hydrogen-bond donors (Lipinski definition) is 1. The molecule has 5 rings (SSSR count). The molecular formula is C24H17FN2O3. The van der Waals surface area contributed by atoms with Crippen molar-refractivity contribution >= 4 is 33.5 Å². The van der Waals surface area contributed by atoms with Crippen molar-refractivity contribution in [2.75, 3.05) is 5.32 Å². The highest BCUT2D eigenvalue weighted by Crippen LogP contribution is 2.30. The van der Waals surface area contributed by atoms with E-state index in [1.165, 1.54) is 12.3 Å². The SMILES string of the molecule is O=C(CCc1ncc(-c2ccccc2F)o1)Nc1ccc2oc3ccccc3c2c1. The zero-order valence-electron chi connectivity index (χ0n) is 15.9. The van der Waals surface area contributed by atoms with Gasteiger partial charge < -0.3 is 14.2 Å². The zero-order chi connectivity index (χ0) is 20.5. The molecule has 0 aliphatic rings. The Morgan fingerprint density at radius 3 is 2.63 bits per heavy atom. The van der Waals surface area contributed by atoms with Gasteiger partial charge in [-0.15, -0.1) is 0 Å². The van der Waals surface area contributed by atoms with Crippen molar-refractivity contribution in [3.63, 3.8) is 0 Å². The van der Waals surface area contributed by atoms with Gasteiger partial charge in [0, 0.05) is 29.3 Å². The molecule has 0 radical (unpaired) electrons. The highest BCUT2D eigenvalue weighted by Gasteiger charge is 2.13. The molecule has 2 heterocycles. The number of carbonyl (C=O) groups is 1. The number of rotatable bonds is 5.